The summed E-state index contributed by atoms with van der Waals surface area (Å²) >= 11 is 0. The van der Waals surface area contributed by atoms with Gasteiger partial charge in [-0.3, -0.25) is 0 Å². The highest BCUT2D eigenvalue weighted by Crippen LogP contribution is 2.18. The van der Waals surface area contributed by atoms with Crippen LogP contribution >= 0.6 is 0 Å². The first-order valence-electron chi connectivity index (χ1n) is 3.99. The first-order valence-corrected chi connectivity index (χ1v) is 3.99. The molecule has 0 radical (unpaired) electrons. The van der Waals surface area contributed by atoms with Crippen LogP contribution in [0.25, 0.3) is 10.8 Å². The van der Waals surface area contributed by atoms with E-state index in [4.69, 9.17) is 11.0 Å². The summed E-state index contributed by atoms with van der Waals surface area (Å²) in [6.07, 6.45) is 0. The van der Waals surface area contributed by atoms with Crippen LogP contribution in [0.5, 0.6) is 0 Å². The minimum atomic E-state index is 0.678. The van der Waals surface area contributed by atoms with E-state index < -0.39 is 0 Å². The van der Waals surface area contributed by atoms with Gasteiger partial charge in [0.2, 0.25) is 0 Å². The molecule has 0 aliphatic rings. The van der Waals surface area contributed by atoms with Crippen molar-refractivity contribution in [2.75, 3.05) is 5.73 Å². The molecule has 2 aromatic rings. The molecule has 0 aliphatic heterocycles. The second-order valence-electron chi connectivity index (χ2n) is 2.93. The van der Waals surface area contributed by atoms with Crippen LogP contribution in [0, 0.1) is 11.3 Å². The summed E-state index contributed by atoms with van der Waals surface area (Å²) in [5.74, 6) is 0. The predicted octanol–water partition coefficient (Wildman–Crippen LogP) is 2.29. The molecule has 2 nitrogen and oxygen atoms in total. The monoisotopic (exact) mass is 168 g/mol. The van der Waals surface area contributed by atoms with Crippen molar-refractivity contribution in [2.24, 2.45) is 0 Å². The Bertz CT molecular complexity index is 495. The molecule has 62 valence electrons. The normalized spacial score (nSPS) is 9.77. The minimum absolute atomic E-state index is 0.678. The van der Waals surface area contributed by atoms with Crippen LogP contribution in [0.1, 0.15) is 5.56 Å². The fourth-order valence-corrected chi connectivity index (χ4v) is 1.33. The molecule has 0 fully saturated rings. The highest BCUT2D eigenvalue weighted by Gasteiger charge is 1.95. The molecule has 13 heavy (non-hydrogen) atoms. The van der Waals surface area contributed by atoms with Crippen molar-refractivity contribution in [2.45, 2.75) is 0 Å². The molecule has 0 saturated heterocycles. The smallest absolute Gasteiger partial charge is 0.0991 e. The summed E-state index contributed by atoms with van der Waals surface area (Å²) in [5.41, 5.74) is 7.05. The highest BCUT2D eigenvalue weighted by atomic mass is 14.5. The average molecular weight is 168 g/mol. The summed E-state index contributed by atoms with van der Waals surface area (Å²) in [6.45, 7) is 0. The van der Waals surface area contributed by atoms with Crippen molar-refractivity contribution in [1.82, 2.24) is 0 Å². The Kier molecular flexibility index (Phi) is 1.64. The zero-order chi connectivity index (χ0) is 9.26. The first-order chi connectivity index (χ1) is 6.29. The van der Waals surface area contributed by atoms with Gasteiger partial charge in [-0.05, 0) is 35.0 Å². The summed E-state index contributed by atoms with van der Waals surface area (Å²) in [7, 11) is 0. The van der Waals surface area contributed by atoms with Crippen LogP contribution in [0.3, 0.4) is 0 Å². The summed E-state index contributed by atoms with van der Waals surface area (Å²) in [4.78, 5) is 0. The van der Waals surface area contributed by atoms with Crippen molar-refractivity contribution < 1.29 is 0 Å². The predicted molar refractivity (Wildman–Crippen MR) is 53.1 cm³/mol. The van der Waals surface area contributed by atoms with E-state index in [0.717, 1.165) is 16.5 Å². The lowest BCUT2D eigenvalue weighted by Crippen LogP contribution is -1.84. The third-order valence-corrected chi connectivity index (χ3v) is 1.99. The van der Waals surface area contributed by atoms with Crippen molar-refractivity contribution in [3.63, 3.8) is 0 Å². The van der Waals surface area contributed by atoms with E-state index in [-0.39, 0.29) is 0 Å². The molecular formula is C11H8N2. The number of nitrogens with two attached hydrogens (primary N) is 1. The Morgan fingerprint density at radius 2 is 1.69 bits per heavy atom. The Labute approximate surface area is 76.2 Å². The number of nitriles is 1. The van der Waals surface area contributed by atoms with E-state index >= 15 is 0 Å². The van der Waals surface area contributed by atoms with Gasteiger partial charge in [-0.15, -0.1) is 0 Å². The fourth-order valence-electron chi connectivity index (χ4n) is 1.33. The Morgan fingerprint density at radius 3 is 2.46 bits per heavy atom. The van der Waals surface area contributed by atoms with E-state index in [1.807, 2.05) is 30.3 Å². The van der Waals surface area contributed by atoms with Crippen LogP contribution in [-0.2, 0) is 0 Å². The Hall–Kier alpha value is -2.01. The standard InChI is InChI=1S/C11H8N2/c12-7-8-1-2-10-6-11(13)4-3-9(10)5-8/h1-6H,13H2. The number of nitrogens with zero attached hydrogens (tertiary/aromatic N) is 1. The van der Waals surface area contributed by atoms with E-state index in [1.54, 1.807) is 6.07 Å². The van der Waals surface area contributed by atoms with Crippen molar-refractivity contribution in [1.29, 1.82) is 5.26 Å². The van der Waals surface area contributed by atoms with Gasteiger partial charge in [-0.25, -0.2) is 0 Å². The van der Waals surface area contributed by atoms with Gasteiger partial charge in [0.1, 0.15) is 0 Å². The zero-order valence-electron chi connectivity index (χ0n) is 6.99. The SMILES string of the molecule is N#Cc1ccc2cc(N)ccc2c1. The first kappa shape index (κ1) is 7.63. The van der Waals surface area contributed by atoms with Crippen molar-refractivity contribution >= 4 is 16.5 Å². The van der Waals surface area contributed by atoms with Crippen LogP contribution in [0.4, 0.5) is 5.69 Å². The zero-order valence-corrected chi connectivity index (χ0v) is 6.99. The van der Waals surface area contributed by atoms with Gasteiger partial charge in [0, 0.05) is 5.69 Å². The maximum Gasteiger partial charge on any atom is 0.0991 e. The van der Waals surface area contributed by atoms with Gasteiger partial charge >= 0.3 is 0 Å². The van der Waals surface area contributed by atoms with E-state index in [9.17, 15) is 0 Å². The van der Waals surface area contributed by atoms with Gasteiger partial charge in [0.15, 0.2) is 0 Å². The molecule has 0 bridgehead atoms. The van der Waals surface area contributed by atoms with Gasteiger partial charge < -0.3 is 5.73 Å². The maximum atomic E-state index is 8.68. The lowest BCUT2D eigenvalue weighted by atomic mass is 10.1. The largest absolute Gasteiger partial charge is 0.399 e. The molecule has 2 N–H and O–H groups in total. The number of benzene rings is 2. The summed E-state index contributed by atoms with van der Waals surface area (Å²) < 4.78 is 0. The average Bonchev–Trinajstić information content (AvgIpc) is 2.17. The van der Waals surface area contributed by atoms with Gasteiger partial charge in [-0.1, -0.05) is 12.1 Å². The number of nitrogen functional groups attached to an aromatic ring is 1. The summed E-state index contributed by atoms with van der Waals surface area (Å²) in [6, 6.07) is 13.3. The Balaban J connectivity index is 2.75. The van der Waals surface area contributed by atoms with E-state index in [1.165, 1.54) is 0 Å². The van der Waals surface area contributed by atoms with Crippen molar-refractivity contribution in [3.05, 3.63) is 42.0 Å². The van der Waals surface area contributed by atoms with Gasteiger partial charge in [-0.2, -0.15) is 5.26 Å². The van der Waals surface area contributed by atoms with Crippen LogP contribution < -0.4 is 5.73 Å². The lowest BCUT2D eigenvalue weighted by molar-refractivity contribution is 1.50. The molecular weight excluding hydrogens is 160 g/mol. The number of hydrogen-bond donors (Lipinski definition) is 1. The molecule has 0 atom stereocenters. The number of rotatable bonds is 0. The quantitative estimate of drug-likeness (QED) is 0.613. The van der Waals surface area contributed by atoms with Crippen LogP contribution in [0.2, 0.25) is 0 Å². The molecule has 2 rings (SSSR count). The number of hydrogen-bond acceptors (Lipinski definition) is 2. The molecule has 2 aromatic carbocycles. The number of fused-ring (bicyclic) bond motifs is 1. The molecule has 0 spiro atoms. The second kappa shape index (κ2) is 2.80. The van der Waals surface area contributed by atoms with Crippen LogP contribution in [-0.4, -0.2) is 0 Å². The summed E-state index contributed by atoms with van der Waals surface area (Å²) in [5, 5.41) is 10.8. The maximum absolute atomic E-state index is 8.68. The highest BCUT2D eigenvalue weighted by molar-refractivity contribution is 5.86. The third kappa shape index (κ3) is 1.32. The molecule has 0 heterocycles. The molecule has 2 heteroatoms. The molecule has 0 saturated carbocycles. The van der Waals surface area contributed by atoms with Gasteiger partial charge in [0.05, 0.1) is 11.6 Å². The van der Waals surface area contributed by atoms with E-state index in [0.29, 0.717) is 5.56 Å². The minimum Gasteiger partial charge on any atom is -0.399 e. The van der Waals surface area contributed by atoms with E-state index in [2.05, 4.69) is 6.07 Å². The molecule has 0 aliphatic carbocycles. The second-order valence-corrected chi connectivity index (χ2v) is 2.93. The third-order valence-electron chi connectivity index (χ3n) is 1.99. The van der Waals surface area contributed by atoms with Crippen LogP contribution in [0.15, 0.2) is 36.4 Å². The van der Waals surface area contributed by atoms with Crippen molar-refractivity contribution in [3.8, 4) is 6.07 Å². The molecule has 0 amide bonds. The van der Waals surface area contributed by atoms with Gasteiger partial charge in [0.25, 0.3) is 0 Å². The fraction of sp³-hybridized carbons (Fsp3) is 0. The molecule has 0 aromatic heterocycles. The molecule has 0 unspecified atom stereocenters. The lowest BCUT2D eigenvalue weighted by Gasteiger charge is -1.98. The number of anilines is 1. The topological polar surface area (TPSA) is 49.8 Å². The Morgan fingerprint density at radius 1 is 1.00 bits per heavy atom.